The van der Waals surface area contributed by atoms with Gasteiger partial charge in [-0.3, -0.25) is 9.59 Å². The van der Waals surface area contributed by atoms with Crippen molar-refractivity contribution in [3.05, 3.63) is 0 Å². The normalized spacial score (nSPS) is 9.57. The summed E-state index contributed by atoms with van der Waals surface area (Å²) >= 11 is 0. The molecule has 0 spiro atoms. The third-order valence-corrected chi connectivity index (χ3v) is 0.334. The van der Waals surface area contributed by atoms with E-state index in [-0.39, 0.29) is 12.4 Å². The van der Waals surface area contributed by atoms with Gasteiger partial charge in [0.25, 0.3) is 6.45 Å². The van der Waals surface area contributed by atoms with Crippen molar-refractivity contribution in [2.75, 3.05) is 6.61 Å². The van der Waals surface area contributed by atoms with E-state index in [2.05, 4.69) is 4.74 Å². The SMILES string of the molecule is [2H]C(=O)OCC(C)=O. The van der Waals surface area contributed by atoms with E-state index in [4.69, 9.17) is 1.37 Å². The molecule has 0 rings (SSSR count). The van der Waals surface area contributed by atoms with Gasteiger partial charge < -0.3 is 4.74 Å². The van der Waals surface area contributed by atoms with Gasteiger partial charge in [0.15, 0.2) is 7.15 Å². The van der Waals surface area contributed by atoms with Crippen LogP contribution in [0.1, 0.15) is 8.29 Å². The summed E-state index contributed by atoms with van der Waals surface area (Å²) in [4.78, 5) is 19.6. The zero-order chi connectivity index (χ0) is 6.57. The molecule has 0 saturated heterocycles. The lowest BCUT2D eigenvalue weighted by molar-refractivity contribution is -0.135. The number of ketones is 1. The molecule has 0 aromatic heterocycles. The van der Waals surface area contributed by atoms with Crippen molar-refractivity contribution in [1.82, 2.24) is 0 Å². The number of carbonyl (C=O) groups is 2. The predicted octanol–water partition coefficient (Wildman–Crippen LogP) is -0.252. The lowest BCUT2D eigenvalue weighted by Gasteiger charge is -1.86. The van der Waals surface area contributed by atoms with E-state index in [0.717, 1.165) is 0 Å². The second-order valence-corrected chi connectivity index (χ2v) is 1.07. The summed E-state index contributed by atoms with van der Waals surface area (Å²) in [6.07, 6.45) is -1.17. The van der Waals surface area contributed by atoms with Crippen LogP contribution in [0.3, 0.4) is 0 Å². The zero-order valence-electron chi connectivity index (χ0n) is 4.93. The molecule has 0 N–H and O–H groups in total. The second kappa shape index (κ2) is 3.33. The van der Waals surface area contributed by atoms with E-state index in [1.54, 1.807) is 0 Å². The van der Waals surface area contributed by atoms with Crippen LogP contribution in [0.5, 0.6) is 0 Å². The van der Waals surface area contributed by atoms with Gasteiger partial charge in [0.05, 0.1) is 0 Å². The minimum atomic E-state index is -1.17. The molecular formula is C4H6O3. The Labute approximate surface area is 42.7 Å². The van der Waals surface area contributed by atoms with Gasteiger partial charge in [0, 0.05) is 0 Å². The Hall–Kier alpha value is -0.860. The second-order valence-electron chi connectivity index (χ2n) is 1.07. The number of rotatable bonds is 2. The van der Waals surface area contributed by atoms with Gasteiger partial charge in [0.1, 0.15) is 6.61 Å². The molecule has 0 atom stereocenters. The summed E-state index contributed by atoms with van der Waals surface area (Å²) in [5.41, 5.74) is 0. The highest BCUT2D eigenvalue weighted by molar-refractivity contribution is 5.77. The Morgan fingerprint density at radius 1 is 2.14 bits per heavy atom. The van der Waals surface area contributed by atoms with E-state index in [1.165, 1.54) is 6.92 Å². The van der Waals surface area contributed by atoms with Crippen LogP contribution in [0, 0.1) is 0 Å². The Balaban J connectivity index is 3.18. The molecule has 0 radical (unpaired) electrons. The van der Waals surface area contributed by atoms with Crippen LogP contribution in [0.4, 0.5) is 0 Å². The molecule has 7 heavy (non-hydrogen) atoms. The summed E-state index contributed by atoms with van der Waals surface area (Å²) in [5, 5.41) is 0. The fraction of sp³-hybridized carbons (Fsp3) is 0.500. The Morgan fingerprint density at radius 2 is 2.71 bits per heavy atom. The first-order chi connectivity index (χ1) is 3.63. The smallest absolute Gasteiger partial charge is 0.293 e. The van der Waals surface area contributed by atoms with Crippen LogP contribution in [0.25, 0.3) is 0 Å². The minimum Gasteiger partial charge on any atom is -0.460 e. The highest BCUT2D eigenvalue weighted by Crippen LogP contribution is 1.67. The fourth-order valence-electron chi connectivity index (χ4n) is 0.131. The summed E-state index contributed by atoms with van der Waals surface area (Å²) in [5.74, 6) is -0.259. The topological polar surface area (TPSA) is 43.4 Å². The molecule has 0 aromatic rings. The van der Waals surface area contributed by atoms with Crippen LogP contribution in [-0.2, 0) is 14.3 Å². The predicted molar refractivity (Wildman–Crippen MR) is 22.7 cm³/mol. The van der Waals surface area contributed by atoms with E-state index < -0.39 is 6.45 Å². The van der Waals surface area contributed by atoms with Gasteiger partial charge in [-0.15, -0.1) is 0 Å². The van der Waals surface area contributed by atoms with E-state index in [1.807, 2.05) is 0 Å². The molecule has 0 heterocycles. The monoisotopic (exact) mass is 103 g/mol. The molecule has 0 saturated carbocycles. The lowest BCUT2D eigenvalue weighted by Crippen LogP contribution is -2.01. The van der Waals surface area contributed by atoms with E-state index in [0.29, 0.717) is 0 Å². The Bertz CT molecular complexity index is 95.9. The van der Waals surface area contributed by atoms with Crippen molar-refractivity contribution in [3.63, 3.8) is 0 Å². The highest BCUT2D eigenvalue weighted by Gasteiger charge is 1.87. The Kier molecular flexibility index (Phi) is 2.05. The Morgan fingerprint density at radius 3 is 2.86 bits per heavy atom. The van der Waals surface area contributed by atoms with Gasteiger partial charge in [-0.2, -0.15) is 0 Å². The molecule has 3 heteroatoms. The molecule has 0 unspecified atom stereocenters. The number of Topliss-reactive ketones (excluding diaryl/α,β-unsaturated/α-hetero) is 1. The number of hydrogen-bond acceptors (Lipinski definition) is 3. The summed E-state index contributed by atoms with van der Waals surface area (Å²) in [6, 6.07) is 0. The third kappa shape index (κ3) is 5.14. The van der Waals surface area contributed by atoms with Crippen molar-refractivity contribution in [2.24, 2.45) is 0 Å². The van der Waals surface area contributed by atoms with E-state index in [9.17, 15) is 9.59 Å². The van der Waals surface area contributed by atoms with Crippen LogP contribution in [-0.4, -0.2) is 18.8 Å². The van der Waals surface area contributed by atoms with Gasteiger partial charge in [0.2, 0.25) is 0 Å². The number of carbonyl (C=O) groups excluding carboxylic acids is 2. The molecule has 0 aliphatic carbocycles. The van der Waals surface area contributed by atoms with Crippen molar-refractivity contribution >= 4 is 12.2 Å². The molecule has 0 amide bonds. The van der Waals surface area contributed by atoms with Crippen molar-refractivity contribution < 1.29 is 15.7 Å². The van der Waals surface area contributed by atoms with Gasteiger partial charge in [-0.1, -0.05) is 0 Å². The largest absolute Gasteiger partial charge is 0.460 e. The van der Waals surface area contributed by atoms with Crippen molar-refractivity contribution in [2.45, 2.75) is 6.92 Å². The van der Waals surface area contributed by atoms with Gasteiger partial charge >= 0.3 is 0 Å². The third-order valence-electron chi connectivity index (χ3n) is 0.334. The molecule has 40 valence electrons. The molecule has 0 aromatic carbocycles. The van der Waals surface area contributed by atoms with Crippen molar-refractivity contribution in [1.29, 1.82) is 0 Å². The van der Waals surface area contributed by atoms with Crippen molar-refractivity contribution in [3.8, 4) is 0 Å². The van der Waals surface area contributed by atoms with Gasteiger partial charge in [-0.25, -0.2) is 0 Å². The molecule has 3 nitrogen and oxygen atoms in total. The molecule has 0 fully saturated rings. The zero-order valence-corrected chi connectivity index (χ0v) is 3.93. The van der Waals surface area contributed by atoms with Crippen LogP contribution in [0.2, 0.25) is 0 Å². The fourth-order valence-corrected chi connectivity index (χ4v) is 0.131. The minimum absolute atomic E-state index is 0.259. The molecular weight excluding hydrogens is 96.0 g/mol. The number of hydrogen-bond donors (Lipinski definition) is 0. The molecule has 0 aliphatic rings. The average Bonchev–Trinajstić information content (AvgIpc) is 1.61. The van der Waals surface area contributed by atoms with Crippen LogP contribution in [0.15, 0.2) is 0 Å². The quantitative estimate of drug-likeness (QED) is 0.452. The summed E-state index contributed by atoms with van der Waals surface area (Å²) in [7, 11) is 0. The molecule has 0 aliphatic heterocycles. The lowest BCUT2D eigenvalue weighted by atomic mass is 10.5. The van der Waals surface area contributed by atoms with Crippen LogP contribution < -0.4 is 0 Å². The standard InChI is InChI=1S/C4H6O3/c1-4(6)2-7-3-5/h3H,2H2,1H3/i3D. The van der Waals surface area contributed by atoms with Crippen LogP contribution >= 0.6 is 0 Å². The maximum atomic E-state index is 9.99. The maximum absolute atomic E-state index is 9.99. The summed E-state index contributed by atoms with van der Waals surface area (Å²) < 4.78 is 10.1. The first-order valence-electron chi connectivity index (χ1n) is 2.25. The van der Waals surface area contributed by atoms with Gasteiger partial charge in [-0.05, 0) is 6.92 Å². The summed E-state index contributed by atoms with van der Waals surface area (Å²) in [6.45, 7) is 0.991. The first-order valence-corrected chi connectivity index (χ1v) is 1.75. The highest BCUT2D eigenvalue weighted by atomic mass is 16.5. The maximum Gasteiger partial charge on any atom is 0.293 e. The first kappa shape index (κ1) is 4.30. The molecule has 0 bridgehead atoms. The number of ether oxygens (including phenoxy) is 1. The van der Waals surface area contributed by atoms with E-state index >= 15 is 0 Å². The average molecular weight is 103 g/mol.